The minimum atomic E-state index is -0.601. The number of ether oxygens (including phenoxy) is 1. The summed E-state index contributed by atoms with van der Waals surface area (Å²) in [4.78, 5) is 19.4. The fraction of sp³-hybridized carbons (Fsp3) is 0. The number of esters is 1. The van der Waals surface area contributed by atoms with Crippen molar-refractivity contribution in [3.05, 3.63) is 48.7 Å². The van der Waals surface area contributed by atoms with Gasteiger partial charge in [-0.3, -0.25) is 5.10 Å². The van der Waals surface area contributed by atoms with Crippen LogP contribution in [0, 0.1) is 0 Å². The van der Waals surface area contributed by atoms with Gasteiger partial charge in [-0.05, 0) is 18.2 Å². The van der Waals surface area contributed by atoms with Crippen LogP contribution in [-0.4, -0.2) is 26.1 Å². The molecule has 0 bridgehead atoms. The van der Waals surface area contributed by atoms with Crippen molar-refractivity contribution in [2.24, 2.45) is 0 Å². The summed E-state index contributed by atoms with van der Waals surface area (Å²) in [5.41, 5.74) is 0.792. The number of benzene rings is 1. The average Bonchev–Trinajstić information content (AvgIpc) is 2.83. The molecule has 0 aliphatic rings. The molecule has 2 heterocycles. The van der Waals surface area contributed by atoms with E-state index in [1.807, 2.05) is 0 Å². The summed E-state index contributed by atoms with van der Waals surface area (Å²) in [6.07, 6.45) is 2.75. The van der Waals surface area contributed by atoms with Gasteiger partial charge < -0.3 is 4.74 Å². The second-order valence-corrected chi connectivity index (χ2v) is 3.50. The Labute approximate surface area is 103 Å². The molecule has 0 saturated heterocycles. The van der Waals surface area contributed by atoms with Crippen LogP contribution in [0.4, 0.5) is 0 Å². The van der Waals surface area contributed by atoms with Crippen LogP contribution >= 0.6 is 0 Å². The summed E-state index contributed by atoms with van der Waals surface area (Å²) in [5, 5.41) is 6.91. The molecule has 0 spiro atoms. The predicted molar refractivity (Wildman–Crippen MR) is 63.1 cm³/mol. The molecule has 18 heavy (non-hydrogen) atoms. The van der Waals surface area contributed by atoms with Crippen molar-refractivity contribution in [2.45, 2.75) is 0 Å². The van der Waals surface area contributed by atoms with Crippen molar-refractivity contribution >= 4 is 16.9 Å². The quantitative estimate of drug-likeness (QED) is 0.544. The van der Waals surface area contributed by atoms with E-state index in [0.29, 0.717) is 10.9 Å². The highest BCUT2D eigenvalue weighted by molar-refractivity contribution is 5.93. The second-order valence-electron chi connectivity index (χ2n) is 3.50. The number of fused-ring (bicyclic) bond motifs is 1. The Kier molecular flexibility index (Phi) is 2.19. The Balaban J connectivity index is 1.98. The Morgan fingerprint density at radius 3 is 3.17 bits per heavy atom. The highest BCUT2D eigenvalue weighted by atomic mass is 16.5. The molecule has 3 rings (SSSR count). The number of carbonyl (C=O) groups excluding carboxylic acids is 1. The fourth-order valence-electron chi connectivity index (χ4n) is 1.53. The highest BCUT2D eigenvalue weighted by Gasteiger charge is 2.12. The standard InChI is InChI=1S/C12H8N4O2/c17-12(10-4-5-13-7-14-10)18-11-3-1-2-9-8(11)6-15-16-9/h1-7H,(H,15,16)/i6D. The fourth-order valence-corrected chi connectivity index (χ4v) is 1.53. The molecule has 88 valence electrons. The van der Waals surface area contributed by atoms with E-state index >= 15 is 0 Å². The van der Waals surface area contributed by atoms with Gasteiger partial charge >= 0.3 is 5.97 Å². The molecule has 0 aliphatic carbocycles. The molecular formula is C12H8N4O2. The molecule has 0 aliphatic heterocycles. The third-order valence-electron chi connectivity index (χ3n) is 2.36. The molecule has 0 fully saturated rings. The van der Waals surface area contributed by atoms with Gasteiger partial charge in [-0.2, -0.15) is 5.10 Å². The molecule has 2 aromatic heterocycles. The van der Waals surface area contributed by atoms with Crippen LogP contribution in [0.25, 0.3) is 10.9 Å². The molecule has 0 amide bonds. The van der Waals surface area contributed by atoms with Gasteiger partial charge in [0.05, 0.1) is 18.4 Å². The monoisotopic (exact) mass is 241 g/mol. The lowest BCUT2D eigenvalue weighted by atomic mass is 10.2. The Morgan fingerprint density at radius 2 is 2.33 bits per heavy atom. The van der Waals surface area contributed by atoms with Crippen molar-refractivity contribution in [3.8, 4) is 5.75 Å². The van der Waals surface area contributed by atoms with Crippen LogP contribution in [0.5, 0.6) is 5.75 Å². The summed E-state index contributed by atoms with van der Waals surface area (Å²) in [6, 6.07) is 6.53. The van der Waals surface area contributed by atoms with E-state index in [2.05, 4.69) is 20.2 Å². The lowest BCUT2D eigenvalue weighted by Crippen LogP contribution is -2.10. The zero-order valence-corrected chi connectivity index (χ0v) is 9.12. The first kappa shape index (κ1) is 9.29. The molecule has 1 N–H and O–H groups in total. The maximum atomic E-state index is 11.9. The molecule has 0 radical (unpaired) electrons. The topological polar surface area (TPSA) is 80.8 Å². The van der Waals surface area contributed by atoms with Crippen molar-refractivity contribution in [2.75, 3.05) is 0 Å². The normalized spacial score (nSPS) is 11.2. The van der Waals surface area contributed by atoms with Gasteiger partial charge in [0.25, 0.3) is 0 Å². The molecule has 6 heteroatoms. The minimum Gasteiger partial charge on any atom is -0.421 e. The lowest BCUT2D eigenvalue weighted by molar-refractivity contribution is 0.0731. The van der Waals surface area contributed by atoms with E-state index in [4.69, 9.17) is 6.11 Å². The number of nitrogens with zero attached hydrogens (tertiary/aromatic N) is 3. The summed E-state index contributed by atoms with van der Waals surface area (Å²) in [5.74, 6) is -0.324. The summed E-state index contributed by atoms with van der Waals surface area (Å²) >= 11 is 0. The Hall–Kier alpha value is -2.76. The van der Waals surface area contributed by atoms with Gasteiger partial charge in [0.15, 0.2) is 5.69 Å². The molecule has 0 unspecified atom stereocenters. The zero-order valence-electron chi connectivity index (χ0n) is 10.1. The van der Waals surface area contributed by atoms with Crippen LogP contribution in [-0.2, 0) is 0 Å². The molecule has 6 nitrogen and oxygen atoms in total. The first-order valence-electron chi connectivity index (χ1n) is 5.67. The number of nitrogens with one attached hydrogen (secondary N) is 1. The average molecular weight is 241 g/mol. The van der Waals surface area contributed by atoms with E-state index in [-0.39, 0.29) is 17.6 Å². The van der Waals surface area contributed by atoms with Gasteiger partial charge in [-0.25, -0.2) is 14.8 Å². The Bertz CT molecular complexity index is 742. The van der Waals surface area contributed by atoms with Crippen molar-refractivity contribution < 1.29 is 10.9 Å². The third-order valence-corrected chi connectivity index (χ3v) is 2.36. The van der Waals surface area contributed by atoms with Crippen molar-refractivity contribution in [1.29, 1.82) is 0 Å². The number of aromatic amines is 1. The summed E-state index contributed by atoms with van der Waals surface area (Å²) in [7, 11) is 0. The largest absolute Gasteiger partial charge is 0.421 e. The lowest BCUT2D eigenvalue weighted by Gasteiger charge is -2.04. The molecule has 0 atom stereocenters. The number of hydrogen-bond donors (Lipinski definition) is 1. The van der Waals surface area contributed by atoms with E-state index < -0.39 is 5.97 Å². The van der Waals surface area contributed by atoms with Crippen LogP contribution in [0.2, 0.25) is 0 Å². The van der Waals surface area contributed by atoms with Gasteiger partial charge in [0.1, 0.15) is 12.1 Å². The first-order chi connectivity index (χ1) is 9.25. The van der Waals surface area contributed by atoms with E-state index in [1.54, 1.807) is 18.2 Å². The van der Waals surface area contributed by atoms with Crippen LogP contribution in [0.1, 0.15) is 11.9 Å². The van der Waals surface area contributed by atoms with Crippen molar-refractivity contribution in [1.82, 2.24) is 20.2 Å². The first-order valence-corrected chi connectivity index (χ1v) is 5.17. The Morgan fingerprint density at radius 1 is 1.39 bits per heavy atom. The smallest absolute Gasteiger partial charge is 0.362 e. The van der Waals surface area contributed by atoms with Gasteiger partial charge in [0, 0.05) is 6.20 Å². The summed E-state index contributed by atoms with van der Waals surface area (Å²) < 4.78 is 12.9. The maximum Gasteiger partial charge on any atom is 0.362 e. The van der Waals surface area contributed by atoms with Gasteiger partial charge in [-0.1, -0.05) is 6.07 Å². The zero-order chi connectivity index (χ0) is 13.2. The minimum absolute atomic E-state index is 0.0288. The molecule has 0 saturated carbocycles. The predicted octanol–water partition coefficient (Wildman–Crippen LogP) is 1.57. The SMILES string of the molecule is [2H]c1n[nH]c2cccc(OC(=O)c3ccncn3)c12. The maximum absolute atomic E-state index is 11.9. The summed E-state index contributed by atoms with van der Waals surface area (Å²) in [6.45, 7) is 0. The second kappa shape index (κ2) is 4.25. The van der Waals surface area contributed by atoms with Crippen molar-refractivity contribution in [3.63, 3.8) is 0 Å². The van der Waals surface area contributed by atoms with Gasteiger partial charge in [0.2, 0.25) is 0 Å². The van der Waals surface area contributed by atoms with Crippen LogP contribution < -0.4 is 4.74 Å². The number of rotatable bonds is 2. The number of aromatic nitrogens is 4. The van der Waals surface area contributed by atoms with Gasteiger partial charge in [-0.15, -0.1) is 0 Å². The van der Waals surface area contributed by atoms with Crippen LogP contribution in [0.3, 0.4) is 0 Å². The number of carbonyl (C=O) groups is 1. The van der Waals surface area contributed by atoms with Crippen LogP contribution in [0.15, 0.2) is 43.0 Å². The highest BCUT2D eigenvalue weighted by Crippen LogP contribution is 2.23. The van der Waals surface area contributed by atoms with E-state index in [9.17, 15) is 4.79 Å². The number of hydrogen-bond acceptors (Lipinski definition) is 5. The third kappa shape index (κ3) is 1.80. The molecular weight excluding hydrogens is 232 g/mol. The van der Waals surface area contributed by atoms with E-state index in [1.165, 1.54) is 18.6 Å². The molecule has 1 aromatic carbocycles. The number of H-pyrrole nitrogens is 1. The molecule has 3 aromatic rings. The van der Waals surface area contributed by atoms with E-state index in [0.717, 1.165) is 0 Å².